The van der Waals surface area contributed by atoms with Crippen LogP contribution in [0, 0.1) is 12.7 Å². The largest absolute Gasteiger partial charge is 0.505 e. The highest BCUT2D eigenvalue weighted by Crippen LogP contribution is 2.38. The van der Waals surface area contributed by atoms with E-state index in [2.05, 4.69) is 5.10 Å². The van der Waals surface area contributed by atoms with Gasteiger partial charge in [0.15, 0.2) is 11.4 Å². The van der Waals surface area contributed by atoms with E-state index in [0.717, 1.165) is 0 Å². The number of carbonyl (C=O) groups is 1. The molecular weight excluding hydrogens is 375 g/mol. The van der Waals surface area contributed by atoms with Gasteiger partial charge >= 0.3 is 0 Å². The number of nitrogens with zero attached hydrogens (tertiary/aromatic N) is 4. The van der Waals surface area contributed by atoms with Gasteiger partial charge in [0, 0.05) is 18.6 Å². The molecule has 2 aromatic heterocycles. The lowest BCUT2D eigenvalue weighted by Gasteiger charge is -2.36. The topological polar surface area (TPSA) is 80.4 Å². The van der Waals surface area contributed by atoms with Gasteiger partial charge in [-0.05, 0) is 45.4 Å². The molecule has 7 nitrogen and oxygen atoms in total. The van der Waals surface area contributed by atoms with E-state index in [-0.39, 0.29) is 47.2 Å². The molecule has 0 radical (unpaired) electrons. The molecule has 1 aliphatic rings. The van der Waals surface area contributed by atoms with Crippen molar-refractivity contribution in [3.63, 3.8) is 0 Å². The van der Waals surface area contributed by atoms with E-state index in [9.17, 15) is 19.1 Å². The molecule has 3 heterocycles. The summed E-state index contributed by atoms with van der Waals surface area (Å²) in [4.78, 5) is 27.8. The fourth-order valence-electron chi connectivity index (χ4n) is 4.08. The number of benzene rings is 1. The third-order valence-electron chi connectivity index (χ3n) is 5.48. The number of hydrogen-bond donors (Lipinski definition) is 1. The molecule has 3 aromatic rings. The summed E-state index contributed by atoms with van der Waals surface area (Å²) in [5.41, 5.74) is 1.39. The minimum atomic E-state index is -0.481. The number of halogens is 1. The maximum Gasteiger partial charge on any atom is 0.280 e. The van der Waals surface area contributed by atoms with Gasteiger partial charge in [0.05, 0.1) is 17.8 Å². The zero-order valence-corrected chi connectivity index (χ0v) is 16.8. The number of amides is 1. The Kier molecular flexibility index (Phi) is 4.44. The number of carbonyl (C=O) groups excluding carboxylic acids is 1. The number of rotatable bonds is 3. The van der Waals surface area contributed by atoms with Gasteiger partial charge in [-0.3, -0.25) is 9.59 Å². The average molecular weight is 398 g/mol. The number of aromatic hydroxyl groups is 1. The Morgan fingerprint density at radius 2 is 1.90 bits per heavy atom. The second-order valence-corrected chi connectivity index (χ2v) is 7.87. The van der Waals surface area contributed by atoms with Crippen molar-refractivity contribution in [2.24, 2.45) is 0 Å². The molecule has 4 rings (SSSR count). The Labute approximate surface area is 167 Å². The van der Waals surface area contributed by atoms with E-state index in [4.69, 9.17) is 0 Å². The molecule has 1 aliphatic heterocycles. The predicted octanol–water partition coefficient (Wildman–Crippen LogP) is 2.82. The lowest BCUT2D eigenvalue weighted by molar-refractivity contribution is 0.0615. The zero-order valence-electron chi connectivity index (χ0n) is 16.8. The molecule has 0 unspecified atom stereocenters. The lowest BCUT2D eigenvalue weighted by Crippen LogP contribution is -2.45. The van der Waals surface area contributed by atoms with Crippen LogP contribution in [0.4, 0.5) is 4.39 Å². The van der Waals surface area contributed by atoms with Crippen molar-refractivity contribution in [3.8, 4) is 5.75 Å². The lowest BCUT2D eigenvalue weighted by atomic mass is 10.1. The first-order valence-electron chi connectivity index (χ1n) is 9.60. The third kappa shape index (κ3) is 2.90. The zero-order chi connectivity index (χ0) is 21.0. The molecule has 0 aliphatic carbocycles. The summed E-state index contributed by atoms with van der Waals surface area (Å²) in [6, 6.07) is 5.67. The van der Waals surface area contributed by atoms with E-state index in [1.54, 1.807) is 28.5 Å². The Morgan fingerprint density at radius 1 is 1.24 bits per heavy atom. The molecule has 1 aromatic carbocycles. The molecular formula is C21H23FN4O3. The first-order valence-corrected chi connectivity index (χ1v) is 9.60. The van der Waals surface area contributed by atoms with Gasteiger partial charge in [0.25, 0.3) is 11.5 Å². The van der Waals surface area contributed by atoms with Gasteiger partial charge in [0.2, 0.25) is 0 Å². The number of aryl methyl sites for hydroxylation is 1. The molecule has 0 saturated heterocycles. The maximum absolute atomic E-state index is 13.2. The van der Waals surface area contributed by atoms with Gasteiger partial charge in [0.1, 0.15) is 11.2 Å². The fourth-order valence-corrected chi connectivity index (χ4v) is 4.08. The Bertz CT molecular complexity index is 1180. The van der Waals surface area contributed by atoms with Crippen LogP contribution in [0.5, 0.6) is 5.75 Å². The van der Waals surface area contributed by atoms with Gasteiger partial charge in [-0.2, -0.15) is 5.10 Å². The molecule has 0 saturated carbocycles. The molecule has 0 spiro atoms. The predicted molar refractivity (Wildman–Crippen MR) is 107 cm³/mol. The molecule has 0 fully saturated rings. The smallest absolute Gasteiger partial charge is 0.280 e. The fraction of sp³-hybridized carbons (Fsp3) is 0.381. The van der Waals surface area contributed by atoms with E-state index in [1.165, 1.54) is 16.8 Å². The number of hydrogen-bond acceptors (Lipinski definition) is 4. The van der Waals surface area contributed by atoms with E-state index in [1.807, 2.05) is 20.8 Å². The summed E-state index contributed by atoms with van der Waals surface area (Å²) < 4.78 is 16.1. The summed E-state index contributed by atoms with van der Waals surface area (Å²) in [7, 11) is 0. The average Bonchev–Trinajstić information content (AvgIpc) is 2.99. The normalized spacial score (nSPS) is 16.7. The van der Waals surface area contributed by atoms with Crippen molar-refractivity contribution in [2.45, 2.75) is 46.3 Å². The molecule has 1 N–H and O–H groups in total. The summed E-state index contributed by atoms with van der Waals surface area (Å²) in [5, 5.41) is 15.4. The number of fused-ring (bicyclic) bond motifs is 3. The molecule has 29 heavy (non-hydrogen) atoms. The minimum Gasteiger partial charge on any atom is -0.505 e. The summed E-state index contributed by atoms with van der Waals surface area (Å²) >= 11 is 0. The van der Waals surface area contributed by atoms with Crippen LogP contribution in [0.15, 0.2) is 29.1 Å². The van der Waals surface area contributed by atoms with Crippen LogP contribution < -0.4 is 5.56 Å². The van der Waals surface area contributed by atoms with E-state index in [0.29, 0.717) is 23.3 Å². The Morgan fingerprint density at radius 3 is 2.52 bits per heavy atom. The summed E-state index contributed by atoms with van der Waals surface area (Å²) in [6.07, 6.45) is 0. The second kappa shape index (κ2) is 6.72. The monoisotopic (exact) mass is 398 g/mol. The molecule has 1 amide bonds. The van der Waals surface area contributed by atoms with Crippen LogP contribution in [0.2, 0.25) is 0 Å². The Hall–Kier alpha value is -3.16. The van der Waals surface area contributed by atoms with Crippen LogP contribution in [-0.2, 0) is 6.54 Å². The highest BCUT2D eigenvalue weighted by molar-refractivity contribution is 6.05. The van der Waals surface area contributed by atoms with Gasteiger partial charge < -0.3 is 14.6 Å². The SMILES string of the molecule is Cc1nn(Cc2ccc(F)cc2)c(=O)c2c(O)c3n(c12)[C@@H](C)CN(C(C)C)C3=O. The van der Waals surface area contributed by atoms with Crippen molar-refractivity contribution in [3.05, 3.63) is 57.4 Å². The van der Waals surface area contributed by atoms with Crippen molar-refractivity contribution in [2.75, 3.05) is 6.54 Å². The first kappa shape index (κ1) is 19.2. The molecule has 152 valence electrons. The van der Waals surface area contributed by atoms with Crippen LogP contribution in [0.3, 0.4) is 0 Å². The third-order valence-corrected chi connectivity index (χ3v) is 5.48. The second-order valence-electron chi connectivity index (χ2n) is 7.87. The van der Waals surface area contributed by atoms with Crippen molar-refractivity contribution < 1.29 is 14.3 Å². The maximum atomic E-state index is 13.2. The van der Waals surface area contributed by atoms with Gasteiger partial charge in [-0.15, -0.1) is 0 Å². The highest BCUT2D eigenvalue weighted by Gasteiger charge is 2.37. The standard InChI is InChI=1S/C21H23FN4O3/c1-11(2)24-9-12(3)26-17-13(4)23-25(10-14-5-7-15(22)8-6-14)20(28)16(17)19(27)18(26)21(24)29/h5-8,11-12,27H,9-10H2,1-4H3/t12-/m0/s1. The van der Waals surface area contributed by atoms with Crippen LogP contribution in [0.25, 0.3) is 10.9 Å². The van der Waals surface area contributed by atoms with Crippen molar-refractivity contribution >= 4 is 16.8 Å². The van der Waals surface area contributed by atoms with Crippen LogP contribution in [-0.4, -0.2) is 42.8 Å². The van der Waals surface area contributed by atoms with Crippen LogP contribution in [0.1, 0.15) is 48.6 Å². The Balaban J connectivity index is 1.92. The number of aromatic nitrogens is 3. The van der Waals surface area contributed by atoms with E-state index < -0.39 is 5.56 Å². The van der Waals surface area contributed by atoms with Crippen LogP contribution >= 0.6 is 0 Å². The quantitative estimate of drug-likeness (QED) is 0.736. The highest BCUT2D eigenvalue weighted by atomic mass is 19.1. The molecule has 0 bridgehead atoms. The summed E-state index contributed by atoms with van der Waals surface area (Å²) in [6.45, 7) is 8.17. The van der Waals surface area contributed by atoms with Crippen molar-refractivity contribution in [1.82, 2.24) is 19.2 Å². The molecule has 8 heteroatoms. The molecule has 1 atom stereocenters. The van der Waals surface area contributed by atoms with Gasteiger partial charge in [-0.25, -0.2) is 9.07 Å². The van der Waals surface area contributed by atoms with Gasteiger partial charge in [-0.1, -0.05) is 12.1 Å². The first-order chi connectivity index (χ1) is 13.7. The van der Waals surface area contributed by atoms with E-state index >= 15 is 0 Å². The summed E-state index contributed by atoms with van der Waals surface area (Å²) in [5.74, 6) is -0.957. The minimum absolute atomic E-state index is 0.0227. The van der Waals surface area contributed by atoms with Crippen molar-refractivity contribution in [1.29, 1.82) is 0 Å².